The zero-order valence-corrected chi connectivity index (χ0v) is 13.3. The Bertz CT molecular complexity index is 498. The highest BCUT2D eigenvalue weighted by molar-refractivity contribution is 7.89. The van der Waals surface area contributed by atoms with E-state index in [1.807, 2.05) is 20.8 Å². The number of ether oxygens (including phenoxy) is 1. The number of sulfonamides is 1. The molecule has 5 nitrogen and oxygen atoms in total. The Balaban J connectivity index is 2.85. The van der Waals surface area contributed by atoms with Gasteiger partial charge in [0.05, 0.1) is 11.5 Å². The Kier molecular flexibility index (Phi) is 6.45. The third-order valence-corrected chi connectivity index (χ3v) is 4.57. The van der Waals surface area contributed by atoms with Crippen LogP contribution in [0.2, 0.25) is 0 Å². The van der Waals surface area contributed by atoms with Crippen molar-refractivity contribution < 1.29 is 13.2 Å². The summed E-state index contributed by atoms with van der Waals surface area (Å²) in [6.45, 7) is 6.78. The van der Waals surface area contributed by atoms with E-state index in [0.29, 0.717) is 13.2 Å². The summed E-state index contributed by atoms with van der Waals surface area (Å²) in [5.41, 5.74) is 0.874. The largest absolute Gasteiger partial charge is 0.388 e. The molecule has 0 aliphatic carbocycles. The van der Waals surface area contributed by atoms with Crippen molar-refractivity contribution in [2.45, 2.75) is 31.7 Å². The van der Waals surface area contributed by atoms with E-state index in [2.05, 4.69) is 10.0 Å². The first kappa shape index (κ1) is 16.9. The third kappa shape index (κ3) is 4.77. The van der Waals surface area contributed by atoms with E-state index in [1.54, 1.807) is 31.3 Å². The van der Waals surface area contributed by atoms with Gasteiger partial charge in [0.25, 0.3) is 0 Å². The minimum absolute atomic E-state index is 0.160. The van der Waals surface area contributed by atoms with E-state index >= 15 is 0 Å². The van der Waals surface area contributed by atoms with E-state index in [4.69, 9.17) is 4.74 Å². The van der Waals surface area contributed by atoms with Crippen LogP contribution in [-0.4, -0.2) is 34.7 Å². The summed E-state index contributed by atoms with van der Waals surface area (Å²) >= 11 is 0. The molecule has 0 bridgehead atoms. The molecule has 20 heavy (non-hydrogen) atoms. The van der Waals surface area contributed by atoms with Crippen molar-refractivity contribution in [3.05, 3.63) is 24.3 Å². The zero-order valence-electron chi connectivity index (χ0n) is 12.5. The molecule has 1 atom stereocenters. The summed E-state index contributed by atoms with van der Waals surface area (Å²) in [5, 5.41) is 2.96. The summed E-state index contributed by atoms with van der Waals surface area (Å²) in [5.74, 6) is 0.160. The fourth-order valence-electron chi connectivity index (χ4n) is 1.68. The predicted molar refractivity (Wildman–Crippen MR) is 81.4 cm³/mol. The van der Waals surface area contributed by atoms with Gasteiger partial charge in [0, 0.05) is 25.4 Å². The standard InChI is InChI=1S/C14H24N2O3S/c1-5-19-10-14(11(2)3)16-20(17,18)13-8-6-12(15-4)7-9-13/h6-9,11,14-16H,5,10H2,1-4H3. The highest BCUT2D eigenvalue weighted by Crippen LogP contribution is 2.15. The lowest BCUT2D eigenvalue weighted by Gasteiger charge is -2.22. The molecular weight excluding hydrogens is 276 g/mol. The van der Waals surface area contributed by atoms with Gasteiger partial charge in [0.1, 0.15) is 0 Å². The van der Waals surface area contributed by atoms with Crippen molar-refractivity contribution in [3.8, 4) is 0 Å². The van der Waals surface area contributed by atoms with Crippen molar-refractivity contribution in [1.29, 1.82) is 0 Å². The van der Waals surface area contributed by atoms with Crippen LogP contribution in [0.4, 0.5) is 5.69 Å². The van der Waals surface area contributed by atoms with E-state index < -0.39 is 10.0 Å². The van der Waals surface area contributed by atoms with Crippen molar-refractivity contribution in [3.63, 3.8) is 0 Å². The summed E-state index contributed by atoms with van der Waals surface area (Å²) in [6.07, 6.45) is 0. The average molecular weight is 300 g/mol. The summed E-state index contributed by atoms with van der Waals surface area (Å²) in [6, 6.07) is 6.42. The Labute approximate surface area is 121 Å². The molecule has 0 radical (unpaired) electrons. The molecule has 0 aliphatic heterocycles. The molecular formula is C14H24N2O3S. The van der Waals surface area contributed by atoms with Gasteiger partial charge < -0.3 is 10.1 Å². The molecule has 1 aromatic rings. The smallest absolute Gasteiger partial charge is 0.240 e. The first-order valence-corrected chi connectivity index (χ1v) is 8.27. The fourth-order valence-corrected chi connectivity index (χ4v) is 3.04. The molecule has 6 heteroatoms. The molecule has 0 spiro atoms. The number of hydrogen-bond donors (Lipinski definition) is 2. The maximum atomic E-state index is 12.3. The molecule has 0 fully saturated rings. The van der Waals surface area contributed by atoms with Crippen LogP contribution < -0.4 is 10.0 Å². The summed E-state index contributed by atoms with van der Waals surface area (Å²) < 4.78 is 32.7. The minimum atomic E-state index is -3.52. The fraction of sp³-hybridized carbons (Fsp3) is 0.571. The van der Waals surface area contributed by atoms with Gasteiger partial charge in [-0.3, -0.25) is 0 Å². The van der Waals surface area contributed by atoms with Gasteiger partial charge in [0.2, 0.25) is 10.0 Å². The molecule has 0 saturated heterocycles. The maximum absolute atomic E-state index is 12.3. The van der Waals surface area contributed by atoms with Gasteiger partial charge in [-0.2, -0.15) is 0 Å². The Morgan fingerprint density at radius 1 is 1.20 bits per heavy atom. The monoisotopic (exact) mass is 300 g/mol. The van der Waals surface area contributed by atoms with Crippen molar-refractivity contribution in [2.24, 2.45) is 5.92 Å². The predicted octanol–water partition coefficient (Wildman–Crippen LogP) is 2.07. The normalized spacial score (nSPS) is 13.4. The maximum Gasteiger partial charge on any atom is 0.240 e. The van der Waals surface area contributed by atoms with Gasteiger partial charge in [-0.1, -0.05) is 13.8 Å². The van der Waals surface area contributed by atoms with E-state index in [1.165, 1.54) is 0 Å². The molecule has 0 aromatic heterocycles. The molecule has 0 amide bonds. The van der Waals surface area contributed by atoms with Gasteiger partial charge in [-0.25, -0.2) is 13.1 Å². The second kappa shape index (κ2) is 7.61. The summed E-state index contributed by atoms with van der Waals surface area (Å²) in [7, 11) is -1.73. The number of benzene rings is 1. The minimum Gasteiger partial charge on any atom is -0.388 e. The van der Waals surface area contributed by atoms with E-state index in [9.17, 15) is 8.42 Å². The molecule has 1 rings (SSSR count). The Hall–Kier alpha value is -1.11. The van der Waals surface area contributed by atoms with E-state index in [-0.39, 0.29) is 16.9 Å². The van der Waals surface area contributed by atoms with Crippen LogP contribution >= 0.6 is 0 Å². The number of anilines is 1. The van der Waals surface area contributed by atoms with Crippen LogP contribution in [0.5, 0.6) is 0 Å². The SMILES string of the molecule is CCOCC(NS(=O)(=O)c1ccc(NC)cc1)C(C)C. The number of nitrogens with one attached hydrogen (secondary N) is 2. The Morgan fingerprint density at radius 2 is 1.80 bits per heavy atom. The average Bonchev–Trinajstić information content (AvgIpc) is 2.43. The van der Waals surface area contributed by atoms with Gasteiger partial charge in [0.15, 0.2) is 0 Å². The molecule has 1 aromatic carbocycles. The van der Waals surface area contributed by atoms with Crippen LogP contribution in [0.15, 0.2) is 29.2 Å². The van der Waals surface area contributed by atoms with E-state index in [0.717, 1.165) is 5.69 Å². The summed E-state index contributed by atoms with van der Waals surface area (Å²) in [4.78, 5) is 0.263. The molecule has 0 saturated carbocycles. The highest BCUT2D eigenvalue weighted by Gasteiger charge is 2.22. The van der Waals surface area contributed by atoms with Crippen molar-refractivity contribution in [2.75, 3.05) is 25.6 Å². The number of hydrogen-bond acceptors (Lipinski definition) is 4. The lowest BCUT2D eigenvalue weighted by atomic mass is 10.1. The molecule has 0 aliphatic rings. The van der Waals surface area contributed by atoms with Crippen molar-refractivity contribution >= 4 is 15.7 Å². The molecule has 2 N–H and O–H groups in total. The van der Waals surface area contributed by atoms with Crippen LogP contribution in [-0.2, 0) is 14.8 Å². The first-order valence-electron chi connectivity index (χ1n) is 6.78. The zero-order chi connectivity index (χ0) is 15.2. The second-order valence-corrected chi connectivity index (χ2v) is 6.62. The second-order valence-electron chi connectivity index (χ2n) is 4.91. The topological polar surface area (TPSA) is 67.4 Å². The quantitative estimate of drug-likeness (QED) is 0.771. The lowest BCUT2D eigenvalue weighted by Crippen LogP contribution is -2.41. The number of rotatable bonds is 8. The van der Waals surface area contributed by atoms with Crippen molar-refractivity contribution in [1.82, 2.24) is 4.72 Å². The molecule has 1 unspecified atom stereocenters. The highest BCUT2D eigenvalue weighted by atomic mass is 32.2. The van der Waals surface area contributed by atoms with Crippen LogP contribution in [0, 0.1) is 5.92 Å². The van der Waals surface area contributed by atoms with Crippen LogP contribution in [0.1, 0.15) is 20.8 Å². The van der Waals surface area contributed by atoms with Crippen LogP contribution in [0.3, 0.4) is 0 Å². The third-order valence-electron chi connectivity index (χ3n) is 3.07. The lowest BCUT2D eigenvalue weighted by molar-refractivity contribution is 0.116. The molecule has 114 valence electrons. The van der Waals surface area contributed by atoms with Crippen LogP contribution in [0.25, 0.3) is 0 Å². The molecule has 0 heterocycles. The van der Waals surface area contributed by atoms with Gasteiger partial charge >= 0.3 is 0 Å². The van der Waals surface area contributed by atoms with Gasteiger partial charge in [-0.15, -0.1) is 0 Å². The first-order chi connectivity index (χ1) is 9.40. The van der Waals surface area contributed by atoms with Gasteiger partial charge in [-0.05, 0) is 37.1 Å². The Morgan fingerprint density at radius 3 is 2.25 bits per heavy atom.